The van der Waals surface area contributed by atoms with Crippen molar-refractivity contribution in [2.75, 3.05) is 0 Å². The minimum absolute atomic E-state index is 0.0627. The molecule has 3 heteroatoms. The minimum Gasteiger partial charge on any atom is -0.481 e. The van der Waals surface area contributed by atoms with E-state index >= 15 is 0 Å². The second kappa shape index (κ2) is 6.86. The molecule has 1 aliphatic carbocycles. The van der Waals surface area contributed by atoms with Crippen LogP contribution < -0.4 is 10.1 Å². The van der Waals surface area contributed by atoms with Gasteiger partial charge in [0.25, 0.3) is 5.91 Å². The van der Waals surface area contributed by atoms with Crippen molar-refractivity contribution in [1.82, 2.24) is 5.32 Å². The summed E-state index contributed by atoms with van der Waals surface area (Å²) in [7, 11) is 0. The molecule has 1 aliphatic rings. The van der Waals surface area contributed by atoms with Crippen LogP contribution in [0.25, 0.3) is 0 Å². The highest BCUT2D eigenvalue weighted by Gasteiger charge is 2.24. The van der Waals surface area contributed by atoms with Gasteiger partial charge in [-0.15, -0.1) is 0 Å². The summed E-state index contributed by atoms with van der Waals surface area (Å²) in [6, 6.07) is 16.2. The number of hydrogen-bond acceptors (Lipinski definition) is 2. The van der Waals surface area contributed by atoms with Gasteiger partial charge in [0.05, 0.1) is 6.04 Å². The fraction of sp³-hybridized carbons (Fsp3) is 0.350. The highest BCUT2D eigenvalue weighted by atomic mass is 16.5. The lowest BCUT2D eigenvalue weighted by atomic mass is 9.87. The molecule has 0 unspecified atom stereocenters. The highest BCUT2D eigenvalue weighted by molar-refractivity contribution is 5.81. The van der Waals surface area contributed by atoms with Crippen LogP contribution in [-0.4, -0.2) is 12.0 Å². The van der Waals surface area contributed by atoms with Crippen molar-refractivity contribution in [3.05, 3.63) is 65.2 Å². The van der Waals surface area contributed by atoms with E-state index in [1.165, 1.54) is 16.7 Å². The zero-order valence-electron chi connectivity index (χ0n) is 13.7. The van der Waals surface area contributed by atoms with E-state index in [4.69, 9.17) is 4.74 Å². The van der Waals surface area contributed by atoms with Crippen LogP contribution >= 0.6 is 0 Å². The van der Waals surface area contributed by atoms with E-state index in [0.717, 1.165) is 25.0 Å². The Balaban J connectivity index is 1.64. The molecule has 0 bridgehead atoms. The maximum Gasteiger partial charge on any atom is 0.261 e. The van der Waals surface area contributed by atoms with Crippen molar-refractivity contribution in [3.8, 4) is 5.75 Å². The maximum absolute atomic E-state index is 12.5. The third-order valence-electron chi connectivity index (χ3n) is 4.39. The van der Waals surface area contributed by atoms with Crippen molar-refractivity contribution in [3.63, 3.8) is 0 Å². The molecule has 2 aromatic rings. The SMILES string of the molecule is Cc1ccc(O[C@@H](C)C(=O)N[C@@H]2CCCc3ccccc32)cc1. The van der Waals surface area contributed by atoms with Crippen molar-refractivity contribution >= 4 is 5.91 Å². The van der Waals surface area contributed by atoms with Gasteiger partial charge in [0.1, 0.15) is 5.75 Å². The van der Waals surface area contributed by atoms with Crippen LogP contribution in [0.15, 0.2) is 48.5 Å². The van der Waals surface area contributed by atoms with E-state index in [2.05, 4.69) is 23.5 Å². The fourth-order valence-electron chi connectivity index (χ4n) is 3.07. The molecule has 0 aromatic heterocycles. The normalized spacial score (nSPS) is 17.9. The van der Waals surface area contributed by atoms with Gasteiger partial charge in [-0.2, -0.15) is 0 Å². The molecule has 0 radical (unpaired) electrons. The summed E-state index contributed by atoms with van der Waals surface area (Å²) in [6.45, 7) is 3.82. The second-order valence-corrected chi connectivity index (χ2v) is 6.23. The summed E-state index contributed by atoms with van der Waals surface area (Å²) in [5.74, 6) is 0.662. The zero-order chi connectivity index (χ0) is 16.2. The van der Waals surface area contributed by atoms with Gasteiger partial charge in [-0.1, -0.05) is 42.0 Å². The minimum atomic E-state index is -0.508. The quantitative estimate of drug-likeness (QED) is 0.928. The molecular formula is C20H23NO2. The number of amides is 1. The summed E-state index contributed by atoms with van der Waals surface area (Å²) in [5, 5.41) is 3.14. The molecule has 0 saturated carbocycles. The summed E-state index contributed by atoms with van der Waals surface area (Å²) >= 11 is 0. The first-order chi connectivity index (χ1) is 11.1. The second-order valence-electron chi connectivity index (χ2n) is 6.23. The molecule has 2 atom stereocenters. The Kier molecular flexibility index (Phi) is 4.65. The van der Waals surface area contributed by atoms with Crippen LogP contribution in [0.5, 0.6) is 5.75 Å². The zero-order valence-corrected chi connectivity index (χ0v) is 13.7. The predicted octanol–water partition coefficient (Wildman–Crippen LogP) is 3.96. The average Bonchev–Trinajstić information content (AvgIpc) is 2.57. The standard InChI is InChI=1S/C20H23NO2/c1-14-10-12-17(13-11-14)23-15(2)20(22)21-19-9-5-7-16-6-3-4-8-18(16)19/h3-4,6,8,10-13,15,19H,5,7,9H2,1-2H3,(H,21,22)/t15-,19+/m0/s1. The van der Waals surface area contributed by atoms with Crippen LogP contribution in [0, 0.1) is 6.92 Å². The molecule has 0 saturated heterocycles. The fourth-order valence-corrected chi connectivity index (χ4v) is 3.07. The van der Waals surface area contributed by atoms with Crippen molar-refractivity contribution in [1.29, 1.82) is 0 Å². The lowest BCUT2D eigenvalue weighted by Gasteiger charge is -2.27. The Labute approximate surface area is 137 Å². The van der Waals surface area contributed by atoms with Gasteiger partial charge in [0.15, 0.2) is 6.10 Å². The Morgan fingerprint density at radius 2 is 1.91 bits per heavy atom. The van der Waals surface area contributed by atoms with E-state index < -0.39 is 6.10 Å². The molecule has 1 N–H and O–H groups in total. The van der Waals surface area contributed by atoms with Gasteiger partial charge in [0.2, 0.25) is 0 Å². The van der Waals surface area contributed by atoms with Crippen LogP contribution in [-0.2, 0) is 11.2 Å². The highest BCUT2D eigenvalue weighted by Crippen LogP contribution is 2.29. The Hall–Kier alpha value is -2.29. The van der Waals surface area contributed by atoms with Gasteiger partial charge in [-0.25, -0.2) is 0 Å². The number of benzene rings is 2. The third kappa shape index (κ3) is 3.73. The number of aryl methyl sites for hydroxylation is 2. The number of hydrogen-bond donors (Lipinski definition) is 1. The summed E-state index contributed by atoms with van der Waals surface area (Å²) < 4.78 is 5.75. The number of nitrogens with one attached hydrogen (secondary N) is 1. The van der Waals surface area contributed by atoms with Gasteiger partial charge in [0, 0.05) is 0 Å². The molecule has 0 fully saturated rings. The lowest BCUT2D eigenvalue weighted by Crippen LogP contribution is -2.39. The largest absolute Gasteiger partial charge is 0.481 e. The van der Waals surface area contributed by atoms with Gasteiger partial charge in [-0.05, 0) is 56.4 Å². The molecular weight excluding hydrogens is 286 g/mol. The Bertz CT molecular complexity index is 678. The average molecular weight is 309 g/mol. The third-order valence-corrected chi connectivity index (χ3v) is 4.39. The number of carbonyl (C=O) groups excluding carboxylic acids is 1. The molecule has 0 heterocycles. The molecule has 1 amide bonds. The number of rotatable bonds is 4. The van der Waals surface area contributed by atoms with E-state index in [1.54, 1.807) is 6.92 Å². The van der Waals surface area contributed by atoms with Gasteiger partial charge < -0.3 is 10.1 Å². The number of fused-ring (bicyclic) bond motifs is 1. The van der Waals surface area contributed by atoms with Crippen LogP contribution in [0.4, 0.5) is 0 Å². The van der Waals surface area contributed by atoms with Crippen LogP contribution in [0.3, 0.4) is 0 Å². The van der Waals surface area contributed by atoms with E-state index in [1.807, 2.05) is 37.3 Å². The topological polar surface area (TPSA) is 38.3 Å². The van der Waals surface area contributed by atoms with E-state index in [9.17, 15) is 4.79 Å². The predicted molar refractivity (Wildman–Crippen MR) is 91.5 cm³/mol. The number of ether oxygens (including phenoxy) is 1. The summed E-state index contributed by atoms with van der Waals surface area (Å²) in [5.41, 5.74) is 3.76. The van der Waals surface area contributed by atoms with Gasteiger partial charge in [-0.3, -0.25) is 4.79 Å². The van der Waals surface area contributed by atoms with Crippen molar-refractivity contribution in [2.45, 2.75) is 45.3 Å². The van der Waals surface area contributed by atoms with Crippen LogP contribution in [0.1, 0.15) is 42.5 Å². The molecule has 0 spiro atoms. The first kappa shape index (κ1) is 15.6. The first-order valence-corrected chi connectivity index (χ1v) is 8.25. The van der Waals surface area contributed by atoms with Gasteiger partial charge >= 0.3 is 0 Å². The lowest BCUT2D eigenvalue weighted by molar-refractivity contribution is -0.128. The molecule has 23 heavy (non-hydrogen) atoms. The molecule has 3 nitrogen and oxygen atoms in total. The number of carbonyl (C=O) groups is 1. The Morgan fingerprint density at radius 1 is 1.17 bits per heavy atom. The van der Waals surface area contributed by atoms with Crippen LogP contribution in [0.2, 0.25) is 0 Å². The molecule has 3 rings (SSSR count). The molecule has 0 aliphatic heterocycles. The van der Waals surface area contributed by atoms with Crippen molar-refractivity contribution in [2.24, 2.45) is 0 Å². The maximum atomic E-state index is 12.5. The summed E-state index contributed by atoms with van der Waals surface area (Å²) in [4.78, 5) is 12.5. The monoisotopic (exact) mass is 309 g/mol. The first-order valence-electron chi connectivity index (χ1n) is 8.25. The Morgan fingerprint density at radius 3 is 2.70 bits per heavy atom. The smallest absolute Gasteiger partial charge is 0.261 e. The summed E-state index contributed by atoms with van der Waals surface area (Å²) in [6.07, 6.45) is 2.68. The van der Waals surface area contributed by atoms with Crippen molar-refractivity contribution < 1.29 is 9.53 Å². The molecule has 2 aromatic carbocycles. The van der Waals surface area contributed by atoms with E-state index in [-0.39, 0.29) is 11.9 Å². The van der Waals surface area contributed by atoms with E-state index in [0.29, 0.717) is 0 Å². The molecule has 120 valence electrons.